The van der Waals surface area contributed by atoms with Crippen LogP contribution in [0.5, 0.6) is 0 Å². The Balaban J connectivity index is 1.29. The van der Waals surface area contributed by atoms with Crippen LogP contribution in [0.4, 0.5) is 31.9 Å². The fourth-order valence-electron chi connectivity index (χ4n) is 6.80. The van der Waals surface area contributed by atoms with Crippen molar-refractivity contribution in [1.82, 2.24) is 19.8 Å². The Bertz CT molecular complexity index is 1210. The minimum absolute atomic E-state index is 0.00112. The fourth-order valence-corrected chi connectivity index (χ4v) is 6.80. The minimum atomic E-state index is -0.671. The molecule has 1 aromatic heterocycles. The molecule has 1 aromatic carbocycles. The molecule has 3 aliphatic rings. The number of aliphatic hydroxyl groups is 1. The average molecular weight is 601 g/mol. The molecule has 2 heterocycles. The molecule has 0 unspecified atom stereocenters. The number of anilines is 4. The summed E-state index contributed by atoms with van der Waals surface area (Å²) in [6, 6.07) is 3.92. The molecule has 2 aromatic rings. The third kappa shape index (κ3) is 7.46. The van der Waals surface area contributed by atoms with Crippen LogP contribution in [0.25, 0.3) is 0 Å². The number of piperazine rings is 1. The monoisotopic (exact) mass is 600 g/mol. The lowest BCUT2D eigenvalue weighted by molar-refractivity contribution is -0.138. The summed E-state index contributed by atoms with van der Waals surface area (Å²) < 4.78 is 29.2. The number of aromatic nitrogens is 2. The van der Waals surface area contributed by atoms with Gasteiger partial charge in [0.05, 0.1) is 18.1 Å². The van der Waals surface area contributed by atoms with Crippen LogP contribution < -0.4 is 21.3 Å². The average Bonchev–Trinajstić information content (AvgIpc) is 3.01. The number of hydrogen-bond donors (Lipinski definition) is 4. The Hall–Kier alpha value is -3.25. The van der Waals surface area contributed by atoms with Crippen LogP contribution in [0.2, 0.25) is 0 Å². The van der Waals surface area contributed by atoms with E-state index in [1.165, 1.54) is 18.2 Å². The predicted molar refractivity (Wildman–Crippen MR) is 165 cm³/mol. The van der Waals surface area contributed by atoms with Gasteiger partial charge in [-0.2, -0.15) is 4.98 Å². The Morgan fingerprint density at radius 1 is 1.07 bits per heavy atom. The molecule has 43 heavy (non-hydrogen) atoms. The lowest BCUT2D eigenvalue weighted by Crippen LogP contribution is -2.49. The molecule has 10 nitrogen and oxygen atoms in total. The molecule has 0 bridgehead atoms. The van der Waals surface area contributed by atoms with E-state index in [0.717, 1.165) is 77.5 Å². The summed E-state index contributed by atoms with van der Waals surface area (Å²) in [6.07, 6.45) is 7.61. The first-order valence-corrected chi connectivity index (χ1v) is 15.7. The van der Waals surface area contributed by atoms with Gasteiger partial charge >= 0.3 is 0 Å². The summed E-state index contributed by atoms with van der Waals surface area (Å²) in [5, 5.41) is 16.2. The van der Waals surface area contributed by atoms with Crippen molar-refractivity contribution in [1.29, 1.82) is 0 Å². The van der Waals surface area contributed by atoms with Gasteiger partial charge in [-0.3, -0.25) is 4.79 Å². The first kappa shape index (κ1) is 31.2. The molecule has 5 N–H and O–H groups in total. The summed E-state index contributed by atoms with van der Waals surface area (Å²) in [6.45, 7) is 5.42. The molecule has 0 spiro atoms. The normalized spacial score (nSPS) is 25.7. The fraction of sp³-hybridized carbons (Fsp3) is 0.645. The van der Waals surface area contributed by atoms with Crippen molar-refractivity contribution in [3.8, 4) is 0 Å². The zero-order valence-corrected chi connectivity index (χ0v) is 25.3. The highest BCUT2D eigenvalue weighted by Crippen LogP contribution is 2.35. The van der Waals surface area contributed by atoms with Crippen LogP contribution in [-0.4, -0.2) is 88.9 Å². The van der Waals surface area contributed by atoms with Crippen LogP contribution >= 0.6 is 0 Å². The molecule has 1 atom stereocenters. The third-order valence-electron chi connectivity index (χ3n) is 9.47. The van der Waals surface area contributed by atoms with Gasteiger partial charge in [0.1, 0.15) is 17.3 Å². The maximum atomic E-state index is 14.6. The first-order valence-electron chi connectivity index (χ1n) is 15.7. The largest absolute Gasteiger partial charge is 0.396 e. The molecule has 236 valence electrons. The number of nitrogens with two attached hydrogens (primary N) is 1. The second kappa shape index (κ2) is 14.0. The van der Waals surface area contributed by atoms with E-state index in [0.29, 0.717) is 17.5 Å². The van der Waals surface area contributed by atoms with Crippen molar-refractivity contribution < 1.29 is 18.7 Å². The number of benzene rings is 1. The Morgan fingerprint density at radius 2 is 1.72 bits per heavy atom. The van der Waals surface area contributed by atoms with E-state index in [9.17, 15) is 18.7 Å². The number of para-hydroxylation sites is 1. The summed E-state index contributed by atoms with van der Waals surface area (Å²) in [7, 11) is 2.09. The quantitative estimate of drug-likeness (QED) is 0.318. The van der Waals surface area contributed by atoms with Crippen LogP contribution in [0.15, 0.2) is 24.4 Å². The lowest BCUT2D eigenvalue weighted by Gasteiger charge is -2.42. The van der Waals surface area contributed by atoms with E-state index in [1.54, 1.807) is 6.20 Å². The van der Waals surface area contributed by atoms with Gasteiger partial charge in [-0.25, -0.2) is 13.8 Å². The van der Waals surface area contributed by atoms with E-state index in [1.807, 2.05) is 16.7 Å². The zero-order chi connectivity index (χ0) is 30.5. The van der Waals surface area contributed by atoms with Crippen molar-refractivity contribution in [2.45, 2.75) is 76.5 Å². The molecule has 1 aliphatic heterocycles. The number of nitrogens with one attached hydrogen (secondary N) is 2. The summed E-state index contributed by atoms with van der Waals surface area (Å²) in [5.41, 5.74) is 6.63. The maximum absolute atomic E-state index is 14.6. The Kier molecular flexibility index (Phi) is 10.2. The third-order valence-corrected chi connectivity index (χ3v) is 9.47. The summed E-state index contributed by atoms with van der Waals surface area (Å²) in [5.74, 6) is 0.170. The van der Waals surface area contributed by atoms with Crippen LogP contribution in [0.1, 0.15) is 58.3 Å². The van der Waals surface area contributed by atoms with E-state index < -0.39 is 17.8 Å². The van der Waals surface area contributed by atoms with E-state index >= 15 is 0 Å². The second-order valence-electron chi connectivity index (χ2n) is 12.5. The topological polar surface area (TPSA) is 123 Å². The lowest BCUT2D eigenvalue weighted by atomic mass is 9.85. The number of aliphatic hydroxyl groups excluding tert-OH is 1. The van der Waals surface area contributed by atoms with E-state index in [-0.39, 0.29) is 42.1 Å². The van der Waals surface area contributed by atoms with Crippen molar-refractivity contribution in [3.63, 3.8) is 0 Å². The highest BCUT2D eigenvalue weighted by molar-refractivity contribution is 5.79. The summed E-state index contributed by atoms with van der Waals surface area (Å²) in [4.78, 5) is 28.7. The van der Waals surface area contributed by atoms with Crippen LogP contribution in [-0.2, 0) is 4.79 Å². The molecule has 12 heteroatoms. The van der Waals surface area contributed by atoms with E-state index in [2.05, 4.69) is 27.6 Å². The number of halogens is 2. The molecule has 3 fully saturated rings. The zero-order valence-electron chi connectivity index (χ0n) is 25.3. The van der Waals surface area contributed by atoms with Gasteiger partial charge in [0.25, 0.3) is 0 Å². The highest BCUT2D eigenvalue weighted by Gasteiger charge is 2.33. The van der Waals surface area contributed by atoms with Crippen molar-refractivity contribution in [3.05, 3.63) is 36.0 Å². The Labute approximate surface area is 253 Å². The van der Waals surface area contributed by atoms with Gasteiger partial charge in [0.15, 0.2) is 5.82 Å². The molecule has 1 amide bonds. The predicted octanol–water partition coefficient (Wildman–Crippen LogP) is 3.90. The standard InChI is InChI=1S/C31H46F2N8O2/c1-20(36-28-25(32)4-3-5-26(28)33)41(24-12-6-21(19-42)7-13-24)29-27(34)18-35-31(38-29)37-23-10-8-22(9-11-23)30(43)40-16-14-39(2)15-17-40/h3-5,18,20-24,36,42H,6-17,19,34H2,1-2H3,(H,35,37,38)/t20-,21?,22?,23?,24?/m1/s1. The number of likely N-dealkylation sites (N-methyl/N-ethyl adjacent to an activating group) is 1. The minimum Gasteiger partial charge on any atom is -0.396 e. The van der Waals surface area contributed by atoms with Crippen LogP contribution in [0.3, 0.4) is 0 Å². The van der Waals surface area contributed by atoms with Gasteiger partial charge in [0.2, 0.25) is 11.9 Å². The maximum Gasteiger partial charge on any atom is 0.225 e. The van der Waals surface area contributed by atoms with Gasteiger partial charge < -0.3 is 36.2 Å². The molecule has 0 radical (unpaired) electrons. The van der Waals surface area contributed by atoms with Crippen molar-refractivity contribution >= 4 is 29.0 Å². The molecular weight excluding hydrogens is 554 g/mol. The Morgan fingerprint density at radius 3 is 2.35 bits per heavy atom. The molecule has 2 saturated carbocycles. The number of nitrogen functional groups attached to an aromatic ring is 1. The first-order chi connectivity index (χ1) is 20.7. The highest BCUT2D eigenvalue weighted by atomic mass is 19.1. The van der Waals surface area contributed by atoms with E-state index in [4.69, 9.17) is 10.7 Å². The van der Waals surface area contributed by atoms with Crippen molar-refractivity contribution in [2.24, 2.45) is 11.8 Å². The molecular formula is C31H46F2N8O2. The number of carbonyl (C=O) groups is 1. The number of hydrogen-bond acceptors (Lipinski definition) is 9. The number of nitrogens with zero attached hydrogens (tertiary/aromatic N) is 5. The molecule has 5 rings (SSSR count). The van der Waals surface area contributed by atoms with Gasteiger partial charge in [-0.15, -0.1) is 0 Å². The molecule has 2 aliphatic carbocycles. The number of rotatable bonds is 9. The molecule has 1 saturated heterocycles. The number of carbonyl (C=O) groups excluding carboxylic acids is 1. The van der Waals surface area contributed by atoms with Crippen LogP contribution in [0, 0.1) is 23.5 Å². The smallest absolute Gasteiger partial charge is 0.225 e. The summed E-state index contributed by atoms with van der Waals surface area (Å²) >= 11 is 0. The van der Waals surface area contributed by atoms with Gasteiger partial charge in [-0.05, 0) is 83.4 Å². The number of amides is 1. The van der Waals surface area contributed by atoms with Crippen molar-refractivity contribution in [2.75, 3.05) is 61.1 Å². The second-order valence-corrected chi connectivity index (χ2v) is 12.5. The van der Waals surface area contributed by atoms with Gasteiger partial charge in [0, 0.05) is 50.8 Å². The SMILES string of the molecule is C[C@H](Nc1c(F)cccc1F)N(c1nc(NC2CCC(C(=O)N3CCN(C)CC3)CC2)ncc1N)C1CCC(CO)CC1. The van der Waals surface area contributed by atoms with Gasteiger partial charge in [-0.1, -0.05) is 6.07 Å².